The van der Waals surface area contributed by atoms with Gasteiger partial charge >= 0.3 is 6.41 Å². The molecule has 0 saturated carbocycles. The number of rotatable bonds is 3. The van der Waals surface area contributed by atoms with Gasteiger partial charge in [0.1, 0.15) is 13.8 Å². The van der Waals surface area contributed by atoms with E-state index in [9.17, 15) is 0 Å². The predicted molar refractivity (Wildman–Crippen MR) is 31.1 cm³/mol. The smallest absolute Gasteiger partial charge is 0.301 e. The molecule has 0 aliphatic rings. The minimum atomic E-state index is -0.324. The highest BCUT2D eigenvalue weighted by Gasteiger charge is 2.09. The van der Waals surface area contributed by atoms with Crippen LogP contribution in [-0.2, 0) is 9.47 Å². The molecular formula is C5H12NO2+. The van der Waals surface area contributed by atoms with Gasteiger partial charge in [-0.3, -0.25) is 0 Å². The molecule has 0 aromatic rings. The molecule has 0 fully saturated rings. The van der Waals surface area contributed by atoms with E-state index in [1.807, 2.05) is 0 Å². The van der Waals surface area contributed by atoms with E-state index in [0.29, 0.717) is 0 Å². The van der Waals surface area contributed by atoms with Crippen molar-refractivity contribution >= 4 is 6.72 Å². The zero-order chi connectivity index (χ0) is 6.57. The van der Waals surface area contributed by atoms with E-state index < -0.39 is 0 Å². The second-order valence-corrected chi connectivity index (χ2v) is 1.54. The topological polar surface area (TPSA) is 21.5 Å². The molecule has 3 nitrogen and oxygen atoms in total. The number of hydrogen-bond acceptors (Lipinski definition) is 2. The van der Waals surface area contributed by atoms with Gasteiger partial charge in [-0.1, -0.05) is 0 Å². The van der Waals surface area contributed by atoms with Crippen LogP contribution < -0.4 is 0 Å². The van der Waals surface area contributed by atoms with Crippen LogP contribution in [0.2, 0.25) is 0 Å². The molecule has 0 saturated heterocycles. The first-order chi connectivity index (χ1) is 3.72. The fourth-order valence-electron chi connectivity index (χ4n) is 0.456. The van der Waals surface area contributed by atoms with Crippen molar-refractivity contribution in [2.45, 2.75) is 6.41 Å². The SMILES string of the molecule is C=[N+](C)C(OC)OC. The standard InChI is InChI=1S/C5H12NO2/c1-6(2)5(7-3)8-4/h5H,1H2,2-4H3/q+1. The minimum absolute atomic E-state index is 0.324. The molecule has 3 heteroatoms. The van der Waals surface area contributed by atoms with E-state index >= 15 is 0 Å². The first-order valence-corrected chi connectivity index (χ1v) is 2.31. The van der Waals surface area contributed by atoms with Gasteiger partial charge in [-0.25, -0.2) is 0 Å². The maximum atomic E-state index is 4.80. The van der Waals surface area contributed by atoms with Crippen LogP contribution in [0.4, 0.5) is 0 Å². The van der Waals surface area contributed by atoms with Crippen LogP contribution in [-0.4, -0.2) is 39.0 Å². The highest BCUT2D eigenvalue weighted by molar-refractivity contribution is 5.14. The lowest BCUT2D eigenvalue weighted by Crippen LogP contribution is -2.25. The van der Waals surface area contributed by atoms with Gasteiger partial charge in [0.25, 0.3) is 0 Å². The van der Waals surface area contributed by atoms with Crippen LogP contribution in [0.25, 0.3) is 0 Å². The minimum Gasteiger partial charge on any atom is -0.301 e. The van der Waals surface area contributed by atoms with E-state index in [4.69, 9.17) is 9.47 Å². The summed E-state index contributed by atoms with van der Waals surface area (Å²) in [5, 5.41) is 0. The van der Waals surface area contributed by atoms with Crippen LogP contribution in [0.1, 0.15) is 0 Å². The number of nitrogens with zero attached hydrogens (tertiary/aromatic N) is 1. The Labute approximate surface area is 49.5 Å². The molecule has 0 aliphatic heterocycles. The zero-order valence-electron chi connectivity index (χ0n) is 5.55. The average Bonchev–Trinajstić information content (AvgIpc) is 1.69. The monoisotopic (exact) mass is 118 g/mol. The average molecular weight is 118 g/mol. The van der Waals surface area contributed by atoms with Crippen LogP contribution in [0, 0.1) is 0 Å². The van der Waals surface area contributed by atoms with Crippen molar-refractivity contribution in [3.8, 4) is 0 Å². The van der Waals surface area contributed by atoms with Gasteiger partial charge in [-0.2, -0.15) is 4.58 Å². The lowest BCUT2D eigenvalue weighted by atomic mass is 10.9. The van der Waals surface area contributed by atoms with Gasteiger partial charge in [0.05, 0.1) is 0 Å². The summed E-state index contributed by atoms with van der Waals surface area (Å²) in [6.07, 6.45) is -0.324. The third-order valence-electron chi connectivity index (χ3n) is 0.763. The van der Waals surface area contributed by atoms with Crippen molar-refractivity contribution < 1.29 is 14.0 Å². The lowest BCUT2D eigenvalue weighted by molar-refractivity contribution is -0.633. The van der Waals surface area contributed by atoms with Crippen LogP contribution in [0.5, 0.6) is 0 Å². The summed E-state index contributed by atoms with van der Waals surface area (Å²) < 4.78 is 11.2. The van der Waals surface area contributed by atoms with E-state index in [2.05, 4.69) is 6.72 Å². The Bertz CT molecular complexity index is 78.5. The van der Waals surface area contributed by atoms with Crippen LogP contribution in [0.3, 0.4) is 0 Å². The van der Waals surface area contributed by atoms with Gasteiger partial charge in [-0.05, 0) is 0 Å². The second kappa shape index (κ2) is 3.57. The van der Waals surface area contributed by atoms with Crippen molar-refractivity contribution in [1.82, 2.24) is 0 Å². The number of hydrogen-bond donors (Lipinski definition) is 0. The van der Waals surface area contributed by atoms with Crippen molar-refractivity contribution in [3.63, 3.8) is 0 Å². The molecule has 0 aliphatic carbocycles. The Hall–Kier alpha value is -0.410. The molecule has 0 radical (unpaired) electrons. The fraction of sp³-hybridized carbons (Fsp3) is 0.800. The molecule has 0 heterocycles. The Balaban J connectivity index is 3.52. The molecule has 0 N–H and O–H groups in total. The number of ether oxygens (including phenoxy) is 2. The maximum Gasteiger partial charge on any atom is 0.374 e. The summed E-state index contributed by atoms with van der Waals surface area (Å²) in [6.45, 7) is 3.56. The first kappa shape index (κ1) is 7.59. The van der Waals surface area contributed by atoms with Gasteiger partial charge in [0, 0.05) is 14.2 Å². The molecule has 0 aromatic heterocycles. The molecule has 48 valence electrons. The largest absolute Gasteiger partial charge is 0.374 e. The molecule has 0 spiro atoms. The van der Waals surface area contributed by atoms with E-state index in [1.54, 1.807) is 25.8 Å². The van der Waals surface area contributed by atoms with Gasteiger partial charge in [0.2, 0.25) is 0 Å². The van der Waals surface area contributed by atoms with Gasteiger partial charge < -0.3 is 9.47 Å². The van der Waals surface area contributed by atoms with Gasteiger partial charge in [-0.15, -0.1) is 0 Å². The van der Waals surface area contributed by atoms with Crippen LogP contribution >= 0.6 is 0 Å². The van der Waals surface area contributed by atoms with Crippen molar-refractivity contribution in [3.05, 3.63) is 0 Å². The molecule has 0 amide bonds. The predicted octanol–water partition coefficient (Wildman–Crippen LogP) is -0.0943. The van der Waals surface area contributed by atoms with Crippen LogP contribution in [0.15, 0.2) is 0 Å². The highest BCUT2D eigenvalue weighted by Crippen LogP contribution is 1.86. The normalized spacial score (nSPS) is 10.0. The Morgan fingerprint density at radius 2 is 1.75 bits per heavy atom. The number of methoxy groups -OCH3 is 2. The Morgan fingerprint density at radius 3 is 1.75 bits per heavy atom. The summed E-state index contributed by atoms with van der Waals surface area (Å²) in [7, 11) is 4.91. The lowest BCUT2D eigenvalue weighted by Gasteiger charge is -2.05. The quantitative estimate of drug-likeness (QED) is 0.293. The zero-order valence-corrected chi connectivity index (χ0v) is 5.55. The summed E-state index contributed by atoms with van der Waals surface area (Å²) >= 11 is 0. The molecule has 0 rings (SSSR count). The third-order valence-corrected chi connectivity index (χ3v) is 0.763. The second-order valence-electron chi connectivity index (χ2n) is 1.54. The van der Waals surface area contributed by atoms with E-state index in [1.165, 1.54) is 0 Å². The van der Waals surface area contributed by atoms with Gasteiger partial charge in [0.15, 0.2) is 0 Å². The van der Waals surface area contributed by atoms with Crippen molar-refractivity contribution in [2.75, 3.05) is 21.3 Å². The summed E-state index contributed by atoms with van der Waals surface area (Å²) in [5.41, 5.74) is 0. The summed E-state index contributed by atoms with van der Waals surface area (Å²) in [6, 6.07) is 0. The highest BCUT2D eigenvalue weighted by atomic mass is 16.7. The molecule has 0 aromatic carbocycles. The molecule has 0 bridgehead atoms. The molecule has 0 unspecified atom stereocenters. The summed E-state index contributed by atoms with van der Waals surface area (Å²) in [4.78, 5) is 0. The van der Waals surface area contributed by atoms with Crippen molar-refractivity contribution in [1.29, 1.82) is 0 Å². The Kier molecular flexibility index (Phi) is 3.39. The van der Waals surface area contributed by atoms with E-state index in [0.717, 1.165) is 0 Å². The third kappa shape index (κ3) is 2.04. The molecule has 0 atom stereocenters. The first-order valence-electron chi connectivity index (χ1n) is 2.31. The maximum absolute atomic E-state index is 4.80. The molecule has 8 heavy (non-hydrogen) atoms. The fourth-order valence-corrected chi connectivity index (χ4v) is 0.456. The van der Waals surface area contributed by atoms with Crippen molar-refractivity contribution in [2.24, 2.45) is 0 Å². The summed E-state index contributed by atoms with van der Waals surface area (Å²) in [5.74, 6) is 0. The van der Waals surface area contributed by atoms with E-state index in [-0.39, 0.29) is 6.41 Å². The molecular weight excluding hydrogens is 106 g/mol. The Morgan fingerprint density at radius 1 is 1.38 bits per heavy atom.